The Morgan fingerprint density at radius 3 is 2.72 bits per heavy atom. The molecule has 0 amide bonds. The molecule has 6 heteroatoms. The van der Waals surface area contributed by atoms with Crippen molar-refractivity contribution in [2.45, 2.75) is 25.8 Å². The molecule has 0 saturated carbocycles. The Labute approximate surface area is 116 Å². The van der Waals surface area contributed by atoms with Crippen LogP contribution in [0.3, 0.4) is 0 Å². The van der Waals surface area contributed by atoms with Crippen LogP contribution < -0.4 is 5.73 Å². The van der Waals surface area contributed by atoms with Crippen molar-refractivity contribution in [3.63, 3.8) is 0 Å². The van der Waals surface area contributed by atoms with Gasteiger partial charge in [0.05, 0.1) is 5.75 Å². The van der Waals surface area contributed by atoms with Crippen LogP contribution in [0.1, 0.15) is 31.4 Å². The van der Waals surface area contributed by atoms with Gasteiger partial charge in [0.15, 0.2) is 0 Å². The van der Waals surface area contributed by atoms with E-state index in [0.29, 0.717) is 18.4 Å². The summed E-state index contributed by atoms with van der Waals surface area (Å²) < 4.78 is 36.9. The monoisotopic (exact) mass is 337 g/mol. The van der Waals surface area contributed by atoms with Gasteiger partial charge in [-0.2, -0.15) is 0 Å². The minimum atomic E-state index is -2.97. The van der Waals surface area contributed by atoms with Gasteiger partial charge in [-0.15, -0.1) is 0 Å². The molecule has 0 bridgehead atoms. The molecular weight excluding hydrogens is 321 g/mol. The zero-order chi connectivity index (χ0) is 13.8. The van der Waals surface area contributed by atoms with Crippen LogP contribution >= 0.6 is 15.9 Å². The maximum Gasteiger partial charge on any atom is 0.150 e. The topological polar surface area (TPSA) is 60.2 Å². The van der Waals surface area contributed by atoms with Gasteiger partial charge < -0.3 is 5.73 Å². The van der Waals surface area contributed by atoms with Crippen molar-refractivity contribution >= 4 is 25.8 Å². The molecule has 1 rings (SSSR count). The Kier molecular flexibility index (Phi) is 5.75. The largest absolute Gasteiger partial charge is 0.324 e. The number of hydrogen-bond donors (Lipinski definition) is 1. The number of sulfone groups is 1. The Morgan fingerprint density at radius 1 is 1.44 bits per heavy atom. The maximum atomic E-state index is 13.5. The molecule has 0 aliphatic carbocycles. The predicted octanol–water partition coefficient (Wildman–Crippen LogP) is 2.80. The van der Waals surface area contributed by atoms with Crippen molar-refractivity contribution in [1.29, 1.82) is 0 Å². The minimum Gasteiger partial charge on any atom is -0.324 e. The average molecular weight is 338 g/mol. The smallest absolute Gasteiger partial charge is 0.150 e. The first-order valence-electron chi connectivity index (χ1n) is 5.76. The van der Waals surface area contributed by atoms with E-state index in [1.54, 1.807) is 19.1 Å². The number of hydrogen-bond acceptors (Lipinski definition) is 3. The van der Waals surface area contributed by atoms with E-state index in [1.165, 1.54) is 6.07 Å². The van der Waals surface area contributed by atoms with Crippen molar-refractivity contribution in [2.75, 3.05) is 11.5 Å². The highest BCUT2D eigenvalue weighted by molar-refractivity contribution is 9.10. The van der Waals surface area contributed by atoms with E-state index in [9.17, 15) is 12.8 Å². The fourth-order valence-corrected chi connectivity index (χ4v) is 2.90. The highest BCUT2D eigenvalue weighted by Gasteiger charge is 2.14. The summed E-state index contributed by atoms with van der Waals surface area (Å²) in [6.07, 6.45) is 0.899. The zero-order valence-corrected chi connectivity index (χ0v) is 12.6. The molecule has 3 nitrogen and oxygen atoms in total. The summed E-state index contributed by atoms with van der Waals surface area (Å²) in [5.41, 5.74) is 6.29. The first-order chi connectivity index (χ1) is 8.35. The second kappa shape index (κ2) is 6.63. The lowest BCUT2D eigenvalue weighted by molar-refractivity contribution is 0.554. The summed E-state index contributed by atoms with van der Waals surface area (Å²) in [7, 11) is -2.97. The molecule has 18 heavy (non-hydrogen) atoms. The maximum absolute atomic E-state index is 13.5. The van der Waals surface area contributed by atoms with Gasteiger partial charge >= 0.3 is 0 Å². The van der Waals surface area contributed by atoms with E-state index < -0.39 is 15.9 Å². The molecule has 0 fully saturated rings. The minimum absolute atomic E-state index is 0.104. The Hall–Kier alpha value is -0.460. The predicted molar refractivity (Wildman–Crippen MR) is 74.6 cm³/mol. The molecular formula is C12H17BrFNO2S. The fourth-order valence-electron chi connectivity index (χ4n) is 1.62. The second-order valence-electron chi connectivity index (χ2n) is 4.15. The molecule has 1 atom stereocenters. The van der Waals surface area contributed by atoms with Gasteiger partial charge in [-0.05, 0) is 31.0 Å². The highest BCUT2D eigenvalue weighted by atomic mass is 79.9. The molecule has 0 spiro atoms. The van der Waals surface area contributed by atoms with Crippen molar-refractivity contribution < 1.29 is 12.8 Å². The second-order valence-corrected chi connectivity index (χ2v) is 7.54. The molecule has 0 aromatic heterocycles. The van der Waals surface area contributed by atoms with Gasteiger partial charge in [-0.1, -0.05) is 22.9 Å². The van der Waals surface area contributed by atoms with E-state index in [0.717, 1.165) is 4.47 Å². The molecule has 1 unspecified atom stereocenters. The summed E-state index contributed by atoms with van der Waals surface area (Å²) in [6.45, 7) is 1.61. The summed E-state index contributed by atoms with van der Waals surface area (Å²) in [5.74, 6) is -0.121. The van der Waals surface area contributed by atoms with E-state index >= 15 is 0 Å². The lowest BCUT2D eigenvalue weighted by atomic mass is 10.0. The molecule has 0 aliphatic heterocycles. The van der Waals surface area contributed by atoms with Crippen molar-refractivity contribution in [3.05, 3.63) is 34.1 Å². The summed E-state index contributed by atoms with van der Waals surface area (Å²) in [5, 5.41) is 0. The van der Waals surface area contributed by atoms with Crippen LogP contribution in [-0.2, 0) is 9.84 Å². The van der Waals surface area contributed by atoms with Crippen LogP contribution in [0, 0.1) is 5.82 Å². The highest BCUT2D eigenvalue weighted by Crippen LogP contribution is 2.23. The third-order valence-corrected chi connectivity index (χ3v) is 5.05. The molecule has 2 N–H and O–H groups in total. The van der Waals surface area contributed by atoms with Gasteiger partial charge in [0, 0.05) is 21.8 Å². The van der Waals surface area contributed by atoms with E-state index in [4.69, 9.17) is 5.73 Å². The first-order valence-corrected chi connectivity index (χ1v) is 8.38. The fraction of sp³-hybridized carbons (Fsp3) is 0.500. The van der Waals surface area contributed by atoms with E-state index in [1.807, 2.05) is 0 Å². The van der Waals surface area contributed by atoms with Crippen molar-refractivity contribution in [1.82, 2.24) is 0 Å². The molecule has 102 valence electrons. The van der Waals surface area contributed by atoms with Crippen LogP contribution in [-0.4, -0.2) is 19.9 Å². The van der Waals surface area contributed by atoms with Gasteiger partial charge in [0.2, 0.25) is 0 Å². The summed E-state index contributed by atoms with van der Waals surface area (Å²) >= 11 is 3.26. The Morgan fingerprint density at radius 2 is 2.11 bits per heavy atom. The van der Waals surface area contributed by atoms with Crippen LogP contribution in [0.4, 0.5) is 4.39 Å². The van der Waals surface area contributed by atoms with Crippen LogP contribution in [0.25, 0.3) is 0 Å². The third-order valence-electron chi connectivity index (χ3n) is 2.77. The number of nitrogens with two attached hydrogens (primary N) is 1. The van der Waals surface area contributed by atoms with Crippen LogP contribution in [0.5, 0.6) is 0 Å². The lowest BCUT2D eigenvalue weighted by Gasteiger charge is -2.13. The lowest BCUT2D eigenvalue weighted by Crippen LogP contribution is -2.15. The number of rotatable bonds is 6. The quantitative estimate of drug-likeness (QED) is 0.868. The number of halogens is 2. The van der Waals surface area contributed by atoms with E-state index in [-0.39, 0.29) is 17.3 Å². The van der Waals surface area contributed by atoms with Gasteiger partial charge in [-0.3, -0.25) is 0 Å². The molecule has 0 radical (unpaired) electrons. The van der Waals surface area contributed by atoms with Crippen molar-refractivity contribution in [3.8, 4) is 0 Å². The third kappa shape index (κ3) is 4.66. The summed E-state index contributed by atoms with van der Waals surface area (Å²) in [4.78, 5) is 0. The summed E-state index contributed by atoms with van der Waals surface area (Å²) in [6, 6.07) is 4.11. The molecule has 0 heterocycles. The van der Waals surface area contributed by atoms with Gasteiger partial charge in [-0.25, -0.2) is 12.8 Å². The van der Waals surface area contributed by atoms with Gasteiger partial charge in [0.1, 0.15) is 15.7 Å². The molecule has 1 aromatic carbocycles. The Bertz CT molecular complexity index is 505. The number of benzene rings is 1. The zero-order valence-electron chi connectivity index (χ0n) is 10.2. The SMILES string of the molecule is CCS(=O)(=O)CCCC(N)c1cc(Br)ccc1F. The van der Waals surface area contributed by atoms with E-state index in [2.05, 4.69) is 15.9 Å². The average Bonchev–Trinajstić information content (AvgIpc) is 2.32. The normalized spacial score (nSPS) is 13.6. The Balaban J connectivity index is 2.61. The van der Waals surface area contributed by atoms with Gasteiger partial charge in [0.25, 0.3) is 0 Å². The standard InChI is InChI=1S/C12H17BrFNO2S/c1-2-18(16,17)7-3-4-12(15)10-8-9(13)5-6-11(10)14/h5-6,8,12H,2-4,7,15H2,1H3. The molecule has 0 aliphatic rings. The first kappa shape index (κ1) is 15.6. The molecule has 0 saturated heterocycles. The van der Waals surface area contributed by atoms with Crippen LogP contribution in [0.2, 0.25) is 0 Å². The van der Waals surface area contributed by atoms with Crippen LogP contribution in [0.15, 0.2) is 22.7 Å². The van der Waals surface area contributed by atoms with Crippen molar-refractivity contribution in [2.24, 2.45) is 5.73 Å². The molecule has 1 aromatic rings.